The number of hydrogen-bond donors (Lipinski definition) is 2. The zero-order valence-electron chi connectivity index (χ0n) is 15.6. The molecular weight excluding hydrogens is 352 g/mol. The topological polar surface area (TPSA) is 128 Å². The fourth-order valence-corrected chi connectivity index (χ4v) is 2.90. The molecule has 0 atom stereocenters. The summed E-state index contributed by atoms with van der Waals surface area (Å²) in [6.45, 7) is 2.82. The molecule has 8 nitrogen and oxygen atoms in total. The largest absolute Gasteiger partial charge is 0.393 e. The monoisotopic (exact) mass is 372 g/mol. The summed E-state index contributed by atoms with van der Waals surface area (Å²) in [6.07, 6.45) is 2.04. The highest BCUT2D eigenvalue weighted by Gasteiger charge is 2.16. The lowest BCUT2D eigenvalue weighted by Crippen LogP contribution is -2.27. The molecule has 140 valence electrons. The van der Waals surface area contributed by atoms with Crippen molar-refractivity contribution in [3.63, 3.8) is 0 Å². The second kappa shape index (κ2) is 8.65. The Balaban J connectivity index is 1.96. The van der Waals surface area contributed by atoms with E-state index in [1.165, 1.54) is 6.33 Å². The summed E-state index contributed by atoms with van der Waals surface area (Å²) in [5.74, 6) is 0.965. The van der Waals surface area contributed by atoms with E-state index in [0.717, 1.165) is 22.3 Å². The quantitative estimate of drug-likeness (QED) is 0.646. The minimum absolute atomic E-state index is 0.310. The molecule has 0 aliphatic heterocycles. The Morgan fingerprint density at radius 3 is 2.54 bits per heavy atom. The second-order valence-corrected chi connectivity index (χ2v) is 6.22. The van der Waals surface area contributed by atoms with E-state index < -0.39 is 0 Å². The predicted octanol–water partition coefficient (Wildman–Crippen LogP) is 3.29. The number of nitrogens with one attached hydrogen (secondary N) is 1. The molecule has 0 aliphatic carbocycles. The predicted molar refractivity (Wildman–Crippen MR) is 109 cm³/mol. The molecule has 0 unspecified atom stereocenters. The molecule has 28 heavy (non-hydrogen) atoms. The first-order valence-electron chi connectivity index (χ1n) is 8.86. The van der Waals surface area contributed by atoms with Gasteiger partial charge >= 0.3 is 0 Å². The van der Waals surface area contributed by atoms with Crippen molar-refractivity contribution in [1.29, 1.82) is 10.5 Å². The summed E-state index contributed by atoms with van der Waals surface area (Å²) in [6, 6.07) is 14.0. The average molecular weight is 372 g/mol. The number of anilines is 4. The van der Waals surface area contributed by atoms with Gasteiger partial charge in [-0.25, -0.2) is 9.97 Å². The van der Waals surface area contributed by atoms with E-state index in [1.807, 2.05) is 42.2 Å². The minimum Gasteiger partial charge on any atom is -0.393 e. The third-order valence-corrected chi connectivity index (χ3v) is 4.26. The lowest BCUT2D eigenvalue weighted by atomic mass is 10.1. The number of rotatable bonds is 7. The maximum atomic E-state index is 8.90. The van der Waals surface area contributed by atoms with Crippen LogP contribution in [0.25, 0.3) is 10.9 Å². The van der Waals surface area contributed by atoms with Gasteiger partial charge in [-0.1, -0.05) is 18.2 Å². The SMILES string of the molecule is Cc1ccc2cccc(Nc3ncnc(N(CCC#N)CCC#N)c3N)c2n1. The van der Waals surface area contributed by atoms with Crippen molar-refractivity contribution >= 4 is 33.9 Å². The maximum absolute atomic E-state index is 8.90. The second-order valence-electron chi connectivity index (χ2n) is 6.22. The smallest absolute Gasteiger partial charge is 0.159 e. The molecule has 3 N–H and O–H groups in total. The Bertz CT molecular complexity index is 1050. The van der Waals surface area contributed by atoms with Crippen LogP contribution in [-0.2, 0) is 0 Å². The molecule has 2 heterocycles. The molecule has 0 amide bonds. The summed E-state index contributed by atoms with van der Waals surface area (Å²) in [4.78, 5) is 15.0. The first kappa shape index (κ1) is 18.9. The molecule has 3 rings (SSSR count). The van der Waals surface area contributed by atoms with E-state index in [0.29, 0.717) is 43.3 Å². The van der Waals surface area contributed by atoms with Gasteiger partial charge in [-0.15, -0.1) is 0 Å². The van der Waals surface area contributed by atoms with Gasteiger partial charge in [0, 0.05) is 24.2 Å². The number of benzene rings is 1. The summed E-state index contributed by atoms with van der Waals surface area (Å²) in [7, 11) is 0. The van der Waals surface area contributed by atoms with Crippen molar-refractivity contribution in [3.8, 4) is 12.1 Å². The highest BCUT2D eigenvalue weighted by atomic mass is 15.2. The Hall–Kier alpha value is -3.91. The van der Waals surface area contributed by atoms with Crippen LogP contribution in [0.1, 0.15) is 18.5 Å². The van der Waals surface area contributed by atoms with Crippen LogP contribution < -0.4 is 16.0 Å². The normalized spacial score (nSPS) is 10.2. The van der Waals surface area contributed by atoms with E-state index in [2.05, 4.69) is 32.4 Å². The van der Waals surface area contributed by atoms with E-state index in [1.54, 1.807) is 0 Å². The summed E-state index contributed by atoms with van der Waals surface area (Å²) >= 11 is 0. The van der Waals surface area contributed by atoms with Crippen LogP contribution in [-0.4, -0.2) is 28.0 Å². The van der Waals surface area contributed by atoms with Crippen molar-refractivity contribution in [2.45, 2.75) is 19.8 Å². The highest BCUT2D eigenvalue weighted by Crippen LogP contribution is 2.31. The molecular formula is C20H20N8. The first-order chi connectivity index (χ1) is 13.6. The summed E-state index contributed by atoms with van der Waals surface area (Å²) in [5.41, 5.74) is 9.23. The van der Waals surface area contributed by atoms with E-state index in [9.17, 15) is 0 Å². The van der Waals surface area contributed by atoms with Crippen LogP contribution in [0.5, 0.6) is 0 Å². The van der Waals surface area contributed by atoms with Crippen molar-refractivity contribution in [1.82, 2.24) is 15.0 Å². The molecule has 0 aliphatic rings. The van der Waals surface area contributed by atoms with Gasteiger partial charge in [0.05, 0.1) is 36.2 Å². The number of aromatic nitrogens is 3. The molecule has 0 saturated carbocycles. The van der Waals surface area contributed by atoms with Crippen molar-refractivity contribution in [2.75, 3.05) is 29.0 Å². The van der Waals surface area contributed by atoms with Gasteiger partial charge in [-0.2, -0.15) is 10.5 Å². The Morgan fingerprint density at radius 1 is 1.07 bits per heavy atom. The molecule has 1 aromatic carbocycles. The van der Waals surface area contributed by atoms with Crippen LogP contribution in [0, 0.1) is 29.6 Å². The van der Waals surface area contributed by atoms with Crippen molar-refractivity contribution < 1.29 is 0 Å². The first-order valence-corrected chi connectivity index (χ1v) is 8.86. The third kappa shape index (κ3) is 4.08. The van der Waals surface area contributed by atoms with E-state index in [4.69, 9.17) is 16.3 Å². The Morgan fingerprint density at radius 2 is 1.82 bits per heavy atom. The lowest BCUT2D eigenvalue weighted by Gasteiger charge is -2.23. The molecule has 8 heteroatoms. The number of pyridine rings is 1. The van der Waals surface area contributed by atoms with Crippen LogP contribution in [0.3, 0.4) is 0 Å². The van der Waals surface area contributed by atoms with E-state index >= 15 is 0 Å². The number of hydrogen-bond acceptors (Lipinski definition) is 8. The van der Waals surface area contributed by atoms with Gasteiger partial charge in [0.15, 0.2) is 11.6 Å². The molecule has 0 radical (unpaired) electrons. The summed E-state index contributed by atoms with van der Waals surface area (Å²) in [5, 5.41) is 22.1. The average Bonchev–Trinajstić information content (AvgIpc) is 2.70. The van der Waals surface area contributed by atoms with Gasteiger partial charge < -0.3 is 16.0 Å². The van der Waals surface area contributed by atoms with Gasteiger partial charge in [0.25, 0.3) is 0 Å². The Labute approximate surface area is 163 Å². The lowest BCUT2D eigenvalue weighted by molar-refractivity contribution is 0.782. The third-order valence-electron chi connectivity index (χ3n) is 4.26. The number of aryl methyl sites for hydroxylation is 1. The fourth-order valence-electron chi connectivity index (χ4n) is 2.90. The summed E-state index contributed by atoms with van der Waals surface area (Å²) < 4.78 is 0. The van der Waals surface area contributed by atoms with E-state index in [-0.39, 0.29) is 0 Å². The maximum Gasteiger partial charge on any atom is 0.159 e. The molecule has 3 aromatic rings. The Kier molecular flexibility index (Phi) is 5.83. The van der Waals surface area contributed by atoms with Crippen LogP contribution in [0.4, 0.5) is 23.0 Å². The number of nitriles is 2. The van der Waals surface area contributed by atoms with Gasteiger partial charge in [-0.05, 0) is 19.1 Å². The fraction of sp³-hybridized carbons (Fsp3) is 0.250. The molecule has 0 bridgehead atoms. The molecule has 2 aromatic heterocycles. The zero-order chi connectivity index (χ0) is 19.9. The number of nitrogen functional groups attached to an aromatic ring is 1. The molecule has 0 saturated heterocycles. The standard InChI is InChI=1S/C20H20N8/c1-14-7-8-15-5-2-6-16(18(15)26-14)27-19-17(23)20(25-13-24-19)28(11-3-9-21)12-4-10-22/h2,5-8,13H,3-4,11-12,23H2,1H3,(H,24,25,27). The van der Waals surface area contributed by atoms with Gasteiger partial charge in [-0.3, -0.25) is 4.98 Å². The van der Waals surface area contributed by atoms with Crippen molar-refractivity contribution in [3.05, 3.63) is 42.4 Å². The van der Waals surface area contributed by atoms with Gasteiger partial charge in [0.1, 0.15) is 12.0 Å². The number of para-hydroxylation sites is 1. The van der Waals surface area contributed by atoms with Crippen LogP contribution in [0.2, 0.25) is 0 Å². The van der Waals surface area contributed by atoms with Crippen LogP contribution in [0.15, 0.2) is 36.7 Å². The van der Waals surface area contributed by atoms with Crippen molar-refractivity contribution in [2.24, 2.45) is 0 Å². The zero-order valence-corrected chi connectivity index (χ0v) is 15.6. The molecule has 0 fully saturated rings. The van der Waals surface area contributed by atoms with Crippen LogP contribution >= 0.6 is 0 Å². The minimum atomic E-state index is 0.310. The number of nitrogens with zero attached hydrogens (tertiary/aromatic N) is 6. The highest BCUT2D eigenvalue weighted by molar-refractivity contribution is 5.93. The number of fused-ring (bicyclic) bond motifs is 1. The molecule has 0 spiro atoms. The van der Waals surface area contributed by atoms with Gasteiger partial charge in [0.2, 0.25) is 0 Å². The number of nitrogens with two attached hydrogens (primary N) is 1.